The van der Waals surface area contributed by atoms with Gasteiger partial charge in [0.05, 0.1) is 39.6 Å². The molecule has 0 heterocycles. The molecular formula is C14H32N2O10. The van der Waals surface area contributed by atoms with Crippen molar-refractivity contribution in [2.45, 2.75) is 0 Å². The summed E-state index contributed by atoms with van der Waals surface area (Å²) in [5, 5.41) is 65.7. The van der Waals surface area contributed by atoms with E-state index in [0.29, 0.717) is 39.3 Å². The molecule has 0 saturated carbocycles. The molecule has 0 fully saturated rings. The van der Waals surface area contributed by atoms with Gasteiger partial charge in [-0.15, -0.1) is 0 Å². The zero-order valence-electron chi connectivity index (χ0n) is 14.8. The van der Waals surface area contributed by atoms with E-state index >= 15 is 0 Å². The molecular weight excluding hydrogens is 356 g/mol. The molecule has 0 aromatic carbocycles. The maximum absolute atomic E-state index is 9.10. The van der Waals surface area contributed by atoms with Gasteiger partial charge in [0.2, 0.25) is 0 Å². The fraction of sp³-hybridized carbons (Fsp3) is 0.857. The molecule has 0 aromatic rings. The molecule has 0 unspecified atom stereocenters. The lowest BCUT2D eigenvalue weighted by molar-refractivity contribution is -0.159. The van der Waals surface area contributed by atoms with E-state index in [-0.39, 0.29) is 39.6 Å². The molecule has 12 nitrogen and oxygen atoms in total. The highest BCUT2D eigenvalue weighted by Gasteiger charge is 2.04. The van der Waals surface area contributed by atoms with Gasteiger partial charge in [0.15, 0.2) is 0 Å². The first-order valence-corrected chi connectivity index (χ1v) is 7.90. The van der Waals surface area contributed by atoms with E-state index in [9.17, 15) is 0 Å². The van der Waals surface area contributed by atoms with Crippen molar-refractivity contribution in [3.05, 3.63) is 0 Å². The lowest BCUT2D eigenvalue weighted by Crippen LogP contribution is -2.32. The molecule has 0 bridgehead atoms. The van der Waals surface area contributed by atoms with Crippen molar-refractivity contribution in [2.24, 2.45) is 0 Å². The molecule has 158 valence electrons. The van der Waals surface area contributed by atoms with Crippen LogP contribution in [0.15, 0.2) is 0 Å². The lowest BCUT2D eigenvalue weighted by Gasteiger charge is -2.17. The van der Waals surface area contributed by atoms with E-state index in [1.165, 1.54) is 0 Å². The highest BCUT2D eigenvalue weighted by atomic mass is 16.4. The van der Waals surface area contributed by atoms with E-state index in [4.69, 9.17) is 50.4 Å². The molecule has 0 rings (SSSR count). The van der Waals surface area contributed by atoms with Gasteiger partial charge in [0.1, 0.15) is 0 Å². The topological polar surface area (TPSA) is 202 Å². The monoisotopic (exact) mass is 388 g/mol. The molecule has 0 aliphatic carbocycles. The summed E-state index contributed by atoms with van der Waals surface area (Å²) in [5.74, 6) is -3.65. The minimum Gasteiger partial charge on any atom is -0.473 e. The summed E-state index contributed by atoms with van der Waals surface area (Å²) in [6, 6.07) is 0. The maximum atomic E-state index is 9.10. The third-order valence-corrected chi connectivity index (χ3v) is 2.68. The standard InChI is InChI=1S/2C6H15NO3.C2H2O4/c2*8-4-1-7(2-5-9)3-6-10;3-1(4)2(5)6/h2*8-10H,1-6H2;(H,3,4)(H,5,6). The third-order valence-electron chi connectivity index (χ3n) is 2.68. The van der Waals surface area contributed by atoms with Gasteiger partial charge in [0, 0.05) is 39.3 Å². The Kier molecular flexibility index (Phi) is 26.7. The van der Waals surface area contributed by atoms with Crippen LogP contribution in [0.4, 0.5) is 0 Å². The Morgan fingerprint density at radius 3 is 0.692 bits per heavy atom. The van der Waals surface area contributed by atoms with Crippen molar-refractivity contribution in [3.8, 4) is 0 Å². The number of aliphatic hydroxyl groups excluding tert-OH is 6. The summed E-state index contributed by atoms with van der Waals surface area (Å²) in [6.07, 6.45) is 0. The van der Waals surface area contributed by atoms with Crippen LogP contribution < -0.4 is 0 Å². The normalized spacial score (nSPS) is 10.0. The van der Waals surface area contributed by atoms with Crippen LogP contribution in [-0.2, 0) is 9.59 Å². The Morgan fingerprint density at radius 2 is 0.615 bits per heavy atom. The SMILES string of the molecule is O=C(O)C(=O)O.OCCN(CCO)CCO.OCCN(CCO)CCO. The fourth-order valence-corrected chi connectivity index (χ4v) is 1.52. The van der Waals surface area contributed by atoms with Crippen LogP contribution in [0.1, 0.15) is 0 Å². The van der Waals surface area contributed by atoms with Gasteiger partial charge in [-0.1, -0.05) is 0 Å². The van der Waals surface area contributed by atoms with Gasteiger partial charge in [-0.2, -0.15) is 0 Å². The summed E-state index contributed by atoms with van der Waals surface area (Å²) >= 11 is 0. The summed E-state index contributed by atoms with van der Waals surface area (Å²) < 4.78 is 0. The number of carbonyl (C=O) groups is 2. The van der Waals surface area contributed by atoms with Gasteiger partial charge < -0.3 is 40.9 Å². The average Bonchev–Trinajstić information content (AvgIpc) is 2.57. The fourth-order valence-electron chi connectivity index (χ4n) is 1.52. The zero-order valence-corrected chi connectivity index (χ0v) is 14.8. The van der Waals surface area contributed by atoms with Crippen LogP contribution in [0.3, 0.4) is 0 Å². The predicted octanol–water partition coefficient (Wildman–Crippen LogP) is -4.31. The van der Waals surface area contributed by atoms with Crippen LogP contribution in [0, 0.1) is 0 Å². The van der Waals surface area contributed by atoms with Crippen molar-refractivity contribution in [3.63, 3.8) is 0 Å². The van der Waals surface area contributed by atoms with Gasteiger partial charge >= 0.3 is 11.9 Å². The average molecular weight is 388 g/mol. The number of carboxylic acids is 2. The van der Waals surface area contributed by atoms with Crippen molar-refractivity contribution >= 4 is 11.9 Å². The molecule has 12 heteroatoms. The van der Waals surface area contributed by atoms with E-state index in [2.05, 4.69) is 0 Å². The highest BCUT2D eigenvalue weighted by Crippen LogP contribution is 1.84. The Labute approximate surface area is 152 Å². The highest BCUT2D eigenvalue weighted by molar-refractivity contribution is 6.27. The second-order valence-corrected chi connectivity index (χ2v) is 4.64. The third kappa shape index (κ3) is 24.9. The summed E-state index contributed by atoms with van der Waals surface area (Å²) in [4.78, 5) is 21.8. The zero-order chi connectivity index (χ0) is 20.8. The number of carboxylic acid groups (broad SMARTS) is 2. The first-order valence-electron chi connectivity index (χ1n) is 7.90. The largest absolute Gasteiger partial charge is 0.473 e. The Hall–Kier alpha value is -1.38. The first kappa shape index (κ1) is 29.4. The molecule has 26 heavy (non-hydrogen) atoms. The van der Waals surface area contributed by atoms with Gasteiger partial charge in [-0.3, -0.25) is 9.80 Å². The van der Waals surface area contributed by atoms with E-state index in [1.54, 1.807) is 9.80 Å². The van der Waals surface area contributed by atoms with E-state index < -0.39 is 11.9 Å². The van der Waals surface area contributed by atoms with Gasteiger partial charge in [-0.05, 0) is 0 Å². The molecule has 8 N–H and O–H groups in total. The molecule has 0 radical (unpaired) electrons. The lowest BCUT2D eigenvalue weighted by atomic mass is 10.4. The van der Waals surface area contributed by atoms with Crippen molar-refractivity contribution < 1.29 is 50.4 Å². The molecule has 0 spiro atoms. The van der Waals surface area contributed by atoms with Crippen LogP contribution in [0.25, 0.3) is 0 Å². The number of rotatable bonds is 12. The summed E-state index contributed by atoms with van der Waals surface area (Å²) in [6.45, 7) is 3.51. The Morgan fingerprint density at radius 1 is 0.462 bits per heavy atom. The molecule has 0 atom stereocenters. The van der Waals surface area contributed by atoms with Gasteiger partial charge in [0.25, 0.3) is 0 Å². The quantitative estimate of drug-likeness (QED) is 0.150. The number of aliphatic hydroxyl groups is 6. The van der Waals surface area contributed by atoms with Crippen LogP contribution >= 0.6 is 0 Å². The Balaban J connectivity index is -0.000000316. The van der Waals surface area contributed by atoms with Crippen LogP contribution in [0.2, 0.25) is 0 Å². The molecule has 0 aliphatic heterocycles. The van der Waals surface area contributed by atoms with E-state index in [0.717, 1.165) is 0 Å². The summed E-state index contributed by atoms with van der Waals surface area (Å²) in [7, 11) is 0. The molecule has 0 aliphatic rings. The number of hydrogen-bond donors (Lipinski definition) is 8. The Bertz CT molecular complexity index is 262. The summed E-state index contributed by atoms with van der Waals surface area (Å²) in [5.41, 5.74) is 0. The molecule has 0 saturated heterocycles. The maximum Gasteiger partial charge on any atom is 0.414 e. The minimum atomic E-state index is -1.82. The second kappa shape index (κ2) is 23.6. The van der Waals surface area contributed by atoms with Crippen LogP contribution in [0.5, 0.6) is 0 Å². The minimum absolute atomic E-state index is 0.0694. The van der Waals surface area contributed by atoms with Crippen LogP contribution in [-0.4, -0.2) is 142 Å². The molecule has 0 amide bonds. The van der Waals surface area contributed by atoms with E-state index in [1.807, 2.05) is 0 Å². The smallest absolute Gasteiger partial charge is 0.414 e. The van der Waals surface area contributed by atoms with Crippen molar-refractivity contribution in [1.82, 2.24) is 9.80 Å². The van der Waals surface area contributed by atoms with Gasteiger partial charge in [-0.25, -0.2) is 9.59 Å². The predicted molar refractivity (Wildman–Crippen MR) is 90.7 cm³/mol. The molecule has 0 aromatic heterocycles. The number of aliphatic carboxylic acids is 2. The number of hydrogen-bond acceptors (Lipinski definition) is 10. The van der Waals surface area contributed by atoms with Crippen molar-refractivity contribution in [2.75, 3.05) is 78.9 Å². The van der Waals surface area contributed by atoms with Crippen molar-refractivity contribution in [1.29, 1.82) is 0 Å². The number of nitrogens with zero attached hydrogens (tertiary/aromatic N) is 2. The second-order valence-electron chi connectivity index (χ2n) is 4.64. The first-order chi connectivity index (χ1) is 12.3.